The van der Waals surface area contributed by atoms with E-state index in [0.717, 1.165) is 5.56 Å². The van der Waals surface area contributed by atoms with Gasteiger partial charge in [0, 0.05) is 19.5 Å². The molecule has 158 valence electrons. The smallest absolute Gasteiger partial charge is 0.261 e. The Hall–Kier alpha value is -3.35. The van der Waals surface area contributed by atoms with Crippen molar-refractivity contribution in [3.8, 4) is 11.5 Å². The molecule has 0 aromatic heterocycles. The molecule has 1 N–H and O–H groups in total. The average molecular weight is 410 g/mol. The van der Waals surface area contributed by atoms with Crippen LogP contribution in [0.25, 0.3) is 0 Å². The number of carbonyl (C=O) groups excluding carboxylic acids is 3. The number of carbonyl (C=O) groups is 3. The number of nitrogens with one attached hydrogen (secondary N) is 1. The number of nitrogens with zero attached hydrogens (tertiary/aromatic N) is 1. The first-order valence-corrected chi connectivity index (χ1v) is 10.2. The van der Waals surface area contributed by atoms with Crippen LogP contribution in [0, 0.1) is 0 Å². The Labute approximate surface area is 176 Å². The summed E-state index contributed by atoms with van der Waals surface area (Å²) in [6.45, 7) is 5.46. The molecule has 2 aromatic rings. The number of hydrogen-bond donors (Lipinski definition) is 1. The van der Waals surface area contributed by atoms with Gasteiger partial charge in [-0.25, -0.2) is 0 Å². The SMILES string of the molecule is CCOc1ccc(CNC(=O)CCCN2C(=O)c3ccccc3C2=O)cc1OCC. The van der Waals surface area contributed by atoms with Gasteiger partial charge in [0.1, 0.15) is 0 Å². The van der Waals surface area contributed by atoms with Crippen LogP contribution in [0.15, 0.2) is 42.5 Å². The zero-order valence-electron chi connectivity index (χ0n) is 17.3. The molecule has 0 unspecified atom stereocenters. The molecule has 3 rings (SSSR count). The van der Waals surface area contributed by atoms with Crippen LogP contribution >= 0.6 is 0 Å². The Morgan fingerprint density at radius 2 is 1.57 bits per heavy atom. The number of fused-ring (bicyclic) bond motifs is 1. The summed E-state index contributed by atoms with van der Waals surface area (Å²) in [5, 5.41) is 2.86. The van der Waals surface area contributed by atoms with Crippen LogP contribution in [0.1, 0.15) is 53.0 Å². The molecule has 0 aliphatic carbocycles. The highest BCUT2D eigenvalue weighted by Gasteiger charge is 2.34. The van der Waals surface area contributed by atoms with Crippen LogP contribution in [0.3, 0.4) is 0 Å². The maximum absolute atomic E-state index is 12.3. The Kier molecular flexibility index (Phi) is 7.06. The fourth-order valence-corrected chi connectivity index (χ4v) is 3.33. The van der Waals surface area contributed by atoms with Gasteiger partial charge in [0.25, 0.3) is 11.8 Å². The van der Waals surface area contributed by atoms with Gasteiger partial charge in [0.2, 0.25) is 5.91 Å². The molecule has 0 spiro atoms. The lowest BCUT2D eigenvalue weighted by Crippen LogP contribution is -2.32. The molecule has 0 saturated heterocycles. The number of amides is 3. The largest absolute Gasteiger partial charge is 0.490 e. The third-order valence-corrected chi connectivity index (χ3v) is 4.76. The van der Waals surface area contributed by atoms with E-state index in [1.54, 1.807) is 24.3 Å². The lowest BCUT2D eigenvalue weighted by Gasteiger charge is -2.14. The highest BCUT2D eigenvalue weighted by molar-refractivity contribution is 6.21. The van der Waals surface area contributed by atoms with Crippen LogP contribution in [0.5, 0.6) is 11.5 Å². The van der Waals surface area contributed by atoms with E-state index in [2.05, 4.69) is 5.32 Å². The summed E-state index contributed by atoms with van der Waals surface area (Å²) in [6.07, 6.45) is 0.632. The van der Waals surface area contributed by atoms with Gasteiger partial charge in [0.15, 0.2) is 11.5 Å². The standard InChI is InChI=1S/C23H26N2O5/c1-3-29-19-12-11-16(14-20(19)30-4-2)15-24-21(26)10-7-13-25-22(27)17-8-5-6-9-18(17)23(25)28/h5-6,8-9,11-12,14H,3-4,7,10,13,15H2,1-2H3,(H,24,26). The third-order valence-electron chi connectivity index (χ3n) is 4.76. The van der Waals surface area contributed by atoms with E-state index < -0.39 is 0 Å². The van der Waals surface area contributed by atoms with E-state index in [1.807, 2.05) is 32.0 Å². The van der Waals surface area contributed by atoms with Gasteiger partial charge >= 0.3 is 0 Å². The van der Waals surface area contributed by atoms with Crippen molar-refractivity contribution in [2.45, 2.75) is 33.2 Å². The van der Waals surface area contributed by atoms with E-state index >= 15 is 0 Å². The maximum atomic E-state index is 12.3. The van der Waals surface area contributed by atoms with Gasteiger partial charge in [-0.1, -0.05) is 18.2 Å². The van der Waals surface area contributed by atoms with Crippen LogP contribution in [0.2, 0.25) is 0 Å². The third kappa shape index (κ3) is 4.79. The predicted octanol–water partition coefficient (Wildman–Crippen LogP) is 3.18. The summed E-state index contributed by atoms with van der Waals surface area (Å²) in [6, 6.07) is 12.3. The van der Waals surface area contributed by atoms with E-state index in [1.165, 1.54) is 4.90 Å². The Morgan fingerprint density at radius 3 is 2.20 bits per heavy atom. The van der Waals surface area contributed by atoms with Gasteiger partial charge in [-0.2, -0.15) is 0 Å². The second-order valence-corrected chi connectivity index (χ2v) is 6.83. The summed E-state index contributed by atoms with van der Waals surface area (Å²) < 4.78 is 11.1. The van der Waals surface area contributed by atoms with Gasteiger partial charge in [-0.15, -0.1) is 0 Å². The average Bonchev–Trinajstić information content (AvgIpc) is 2.99. The van der Waals surface area contributed by atoms with E-state index in [-0.39, 0.29) is 30.7 Å². The van der Waals surface area contributed by atoms with Crippen molar-refractivity contribution in [3.05, 3.63) is 59.2 Å². The topological polar surface area (TPSA) is 84.9 Å². The molecule has 1 aliphatic rings. The first-order valence-electron chi connectivity index (χ1n) is 10.2. The molecule has 7 heteroatoms. The molecule has 1 aliphatic heterocycles. The number of benzene rings is 2. The van der Waals surface area contributed by atoms with Crippen LogP contribution < -0.4 is 14.8 Å². The first kappa shape index (κ1) is 21.4. The molecule has 2 aromatic carbocycles. The molecular weight excluding hydrogens is 384 g/mol. The minimum absolute atomic E-state index is 0.140. The summed E-state index contributed by atoms with van der Waals surface area (Å²) in [5.41, 5.74) is 1.75. The van der Waals surface area contributed by atoms with Crippen molar-refractivity contribution < 1.29 is 23.9 Å². The second-order valence-electron chi connectivity index (χ2n) is 6.83. The van der Waals surface area contributed by atoms with Gasteiger partial charge in [-0.05, 0) is 50.1 Å². The molecule has 0 saturated carbocycles. The lowest BCUT2D eigenvalue weighted by atomic mass is 10.1. The maximum Gasteiger partial charge on any atom is 0.261 e. The quantitative estimate of drug-likeness (QED) is 0.608. The summed E-state index contributed by atoms with van der Waals surface area (Å²) >= 11 is 0. The van der Waals surface area contributed by atoms with Gasteiger partial charge < -0.3 is 14.8 Å². The normalized spacial score (nSPS) is 12.7. The van der Waals surface area contributed by atoms with E-state index in [9.17, 15) is 14.4 Å². The monoisotopic (exact) mass is 410 g/mol. The van der Waals surface area contributed by atoms with E-state index in [4.69, 9.17) is 9.47 Å². The number of imide groups is 1. The minimum Gasteiger partial charge on any atom is -0.490 e. The van der Waals surface area contributed by atoms with Crippen LogP contribution in [0.4, 0.5) is 0 Å². The molecule has 0 fully saturated rings. The molecule has 0 atom stereocenters. The highest BCUT2D eigenvalue weighted by Crippen LogP contribution is 2.28. The van der Waals surface area contributed by atoms with Crippen molar-refractivity contribution in [1.82, 2.24) is 10.2 Å². The van der Waals surface area contributed by atoms with E-state index in [0.29, 0.717) is 48.8 Å². The number of rotatable bonds is 10. The minimum atomic E-state index is -0.297. The van der Waals surface area contributed by atoms with Crippen LogP contribution in [-0.2, 0) is 11.3 Å². The summed E-state index contributed by atoms with van der Waals surface area (Å²) in [7, 11) is 0. The molecule has 0 bridgehead atoms. The van der Waals surface area contributed by atoms with Crippen molar-refractivity contribution in [2.24, 2.45) is 0 Å². The van der Waals surface area contributed by atoms with Gasteiger partial charge in [0.05, 0.1) is 24.3 Å². The van der Waals surface area contributed by atoms with Crippen molar-refractivity contribution in [3.63, 3.8) is 0 Å². The van der Waals surface area contributed by atoms with Crippen molar-refractivity contribution in [1.29, 1.82) is 0 Å². The summed E-state index contributed by atoms with van der Waals surface area (Å²) in [5.74, 6) is 0.591. The Balaban J connectivity index is 1.47. The highest BCUT2D eigenvalue weighted by atomic mass is 16.5. The number of ether oxygens (including phenoxy) is 2. The zero-order chi connectivity index (χ0) is 21.5. The first-order chi connectivity index (χ1) is 14.5. The van der Waals surface area contributed by atoms with Crippen molar-refractivity contribution >= 4 is 17.7 Å². The zero-order valence-corrected chi connectivity index (χ0v) is 17.3. The molecule has 0 radical (unpaired) electrons. The summed E-state index contributed by atoms with van der Waals surface area (Å²) in [4.78, 5) is 38.1. The second kappa shape index (κ2) is 9.91. The molecule has 3 amide bonds. The van der Waals surface area contributed by atoms with Crippen LogP contribution in [-0.4, -0.2) is 42.4 Å². The molecule has 1 heterocycles. The van der Waals surface area contributed by atoms with Crippen molar-refractivity contribution in [2.75, 3.05) is 19.8 Å². The Morgan fingerprint density at radius 1 is 0.933 bits per heavy atom. The Bertz CT molecular complexity index is 906. The van der Waals surface area contributed by atoms with Gasteiger partial charge in [-0.3, -0.25) is 19.3 Å². The lowest BCUT2D eigenvalue weighted by molar-refractivity contribution is -0.121. The molecule has 30 heavy (non-hydrogen) atoms. The fourth-order valence-electron chi connectivity index (χ4n) is 3.33. The fraction of sp³-hybridized carbons (Fsp3) is 0.348. The molecular formula is C23H26N2O5. The molecule has 7 nitrogen and oxygen atoms in total. The number of hydrogen-bond acceptors (Lipinski definition) is 5. The predicted molar refractivity (Wildman–Crippen MR) is 112 cm³/mol.